The Bertz CT molecular complexity index is 663. The fraction of sp³-hybridized carbons (Fsp3) is 0.400. The van der Waals surface area contributed by atoms with Gasteiger partial charge in [0.1, 0.15) is 0 Å². The zero-order chi connectivity index (χ0) is 17.7. The molecule has 0 bridgehead atoms. The molecule has 1 saturated carbocycles. The molecule has 0 atom stereocenters. The third kappa shape index (κ3) is 4.89. The predicted octanol–water partition coefficient (Wildman–Crippen LogP) is 2.54. The molecule has 0 saturated heterocycles. The van der Waals surface area contributed by atoms with Crippen molar-refractivity contribution in [3.8, 4) is 0 Å². The van der Waals surface area contributed by atoms with Crippen LogP contribution in [0, 0.1) is 11.6 Å². The van der Waals surface area contributed by atoms with Crippen molar-refractivity contribution in [2.24, 2.45) is 0 Å². The second kappa shape index (κ2) is 8.05. The number of halogens is 3. The lowest BCUT2D eigenvalue weighted by Gasteiger charge is -2.12. The summed E-state index contributed by atoms with van der Waals surface area (Å²) in [5.41, 5.74) is -0.418. The van der Waals surface area contributed by atoms with E-state index in [9.17, 15) is 23.2 Å². The van der Waals surface area contributed by atoms with E-state index in [1.165, 1.54) is 0 Å². The van der Waals surface area contributed by atoms with Gasteiger partial charge in [-0.1, -0.05) is 24.4 Å². The standard InChI is InChI=1S/C15H15ClF2N2O4/c16-10-6-12(18)11(17)5-9(10)14(22)24-7-13(21)20-15(23)19-8-3-1-2-4-8/h5-6,8H,1-4,7H2,(H2,19,20,21,23). The maximum absolute atomic E-state index is 13.1. The Morgan fingerprint density at radius 2 is 1.79 bits per heavy atom. The van der Waals surface area contributed by atoms with E-state index in [4.69, 9.17) is 11.6 Å². The van der Waals surface area contributed by atoms with E-state index in [-0.39, 0.29) is 11.1 Å². The minimum absolute atomic E-state index is 0.0290. The number of carbonyl (C=O) groups excluding carboxylic acids is 3. The van der Waals surface area contributed by atoms with Gasteiger partial charge in [0.2, 0.25) is 0 Å². The zero-order valence-electron chi connectivity index (χ0n) is 12.5. The molecule has 2 N–H and O–H groups in total. The molecule has 1 aliphatic carbocycles. The molecule has 9 heteroatoms. The van der Waals surface area contributed by atoms with Crippen molar-refractivity contribution in [2.75, 3.05) is 6.61 Å². The van der Waals surface area contributed by atoms with Crippen LogP contribution in [0.2, 0.25) is 5.02 Å². The maximum Gasteiger partial charge on any atom is 0.340 e. The van der Waals surface area contributed by atoms with E-state index in [0.29, 0.717) is 12.1 Å². The Balaban J connectivity index is 1.81. The number of rotatable bonds is 4. The highest BCUT2D eigenvalue weighted by atomic mass is 35.5. The molecular weight excluding hydrogens is 346 g/mol. The topological polar surface area (TPSA) is 84.5 Å². The minimum Gasteiger partial charge on any atom is -0.452 e. The van der Waals surface area contributed by atoms with Crippen molar-refractivity contribution in [2.45, 2.75) is 31.7 Å². The summed E-state index contributed by atoms with van der Waals surface area (Å²) < 4.78 is 30.7. The van der Waals surface area contributed by atoms with Gasteiger partial charge >= 0.3 is 12.0 Å². The molecule has 6 nitrogen and oxygen atoms in total. The number of esters is 1. The van der Waals surface area contributed by atoms with Crippen LogP contribution in [-0.4, -0.2) is 30.6 Å². The number of amides is 3. The summed E-state index contributed by atoms with van der Waals surface area (Å²) in [6, 6.07) is 0.558. The van der Waals surface area contributed by atoms with Crippen LogP contribution in [0.25, 0.3) is 0 Å². The van der Waals surface area contributed by atoms with E-state index in [1.807, 2.05) is 5.32 Å². The molecule has 3 amide bonds. The highest BCUT2D eigenvalue weighted by Crippen LogP contribution is 2.21. The van der Waals surface area contributed by atoms with Crippen LogP contribution in [-0.2, 0) is 9.53 Å². The smallest absolute Gasteiger partial charge is 0.340 e. The van der Waals surface area contributed by atoms with Crippen molar-refractivity contribution < 1.29 is 27.9 Å². The van der Waals surface area contributed by atoms with Gasteiger partial charge in [-0.25, -0.2) is 18.4 Å². The van der Waals surface area contributed by atoms with Crippen molar-refractivity contribution in [1.82, 2.24) is 10.6 Å². The van der Waals surface area contributed by atoms with Gasteiger partial charge < -0.3 is 10.1 Å². The number of hydrogen-bond donors (Lipinski definition) is 2. The Labute approximate surface area is 141 Å². The van der Waals surface area contributed by atoms with Crippen LogP contribution < -0.4 is 10.6 Å². The van der Waals surface area contributed by atoms with E-state index in [1.54, 1.807) is 0 Å². The van der Waals surface area contributed by atoms with Gasteiger partial charge in [-0.05, 0) is 25.0 Å². The predicted molar refractivity (Wildman–Crippen MR) is 80.6 cm³/mol. The van der Waals surface area contributed by atoms with Crippen LogP contribution in [0.1, 0.15) is 36.0 Å². The number of imide groups is 1. The summed E-state index contributed by atoms with van der Waals surface area (Å²) in [6.07, 6.45) is 3.74. The molecule has 2 rings (SSSR count). The third-order valence-electron chi connectivity index (χ3n) is 3.51. The van der Waals surface area contributed by atoms with E-state index < -0.39 is 41.7 Å². The lowest BCUT2D eigenvalue weighted by atomic mass is 10.2. The van der Waals surface area contributed by atoms with E-state index in [2.05, 4.69) is 10.1 Å². The van der Waals surface area contributed by atoms with Gasteiger partial charge in [0, 0.05) is 6.04 Å². The average molecular weight is 361 g/mol. The van der Waals surface area contributed by atoms with Crippen LogP contribution in [0.15, 0.2) is 12.1 Å². The molecule has 1 aromatic carbocycles. The normalized spacial score (nSPS) is 14.3. The fourth-order valence-electron chi connectivity index (χ4n) is 2.34. The first-order valence-corrected chi connectivity index (χ1v) is 7.66. The van der Waals surface area contributed by atoms with Crippen molar-refractivity contribution in [3.05, 3.63) is 34.4 Å². The molecule has 0 aliphatic heterocycles. The SMILES string of the molecule is O=C(COC(=O)c1cc(F)c(F)cc1Cl)NC(=O)NC1CCCC1. The molecule has 0 spiro atoms. The molecule has 1 aromatic rings. The first kappa shape index (κ1) is 18.1. The summed E-state index contributed by atoms with van der Waals surface area (Å²) in [5, 5.41) is 4.29. The van der Waals surface area contributed by atoms with Gasteiger partial charge in [-0.15, -0.1) is 0 Å². The Morgan fingerprint density at radius 3 is 2.46 bits per heavy atom. The number of benzene rings is 1. The summed E-state index contributed by atoms with van der Waals surface area (Å²) in [4.78, 5) is 34.8. The highest BCUT2D eigenvalue weighted by Gasteiger charge is 2.20. The number of carbonyl (C=O) groups is 3. The van der Waals surface area contributed by atoms with Crippen molar-refractivity contribution >= 4 is 29.5 Å². The Hall–Kier alpha value is -2.22. The van der Waals surface area contributed by atoms with Gasteiger partial charge in [0.15, 0.2) is 18.2 Å². The van der Waals surface area contributed by atoms with E-state index >= 15 is 0 Å². The molecule has 0 unspecified atom stereocenters. The molecule has 130 valence electrons. The molecule has 0 aromatic heterocycles. The van der Waals surface area contributed by atoms with Gasteiger partial charge in [-0.3, -0.25) is 10.1 Å². The fourth-order valence-corrected chi connectivity index (χ4v) is 2.57. The molecule has 1 fully saturated rings. The number of urea groups is 1. The Morgan fingerprint density at radius 1 is 1.17 bits per heavy atom. The lowest BCUT2D eigenvalue weighted by molar-refractivity contribution is -0.123. The lowest BCUT2D eigenvalue weighted by Crippen LogP contribution is -2.45. The van der Waals surface area contributed by atoms with Gasteiger partial charge in [-0.2, -0.15) is 0 Å². The summed E-state index contributed by atoms with van der Waals surface area (Å²) >= 11 is 5.62. The zero-order valence-corrected chi connectivity index (χ0v) is 13.3. The average Bonchev–Trinajstić information content (AvgIpc) is 3.01. The van der Waals surface area contributed by atoms with E-state index in [0.717, 1.165) is 25.7 Å². The third-order valence-corrected chi connectivity index (χ3v) is 3.82. The van der Waals surface area contributed by atoms with Crippen molar-refractivity contribution in [3.63, 3.8) is 0 Å². The van der Waals surface area contributed by atoms with Crippen LogP contribution in [0.4, 0.5) is 13.6 Å². The number of nitrogens with one attached hydrogen (secondary N) is 2. The number of ether oxygens (including phenoxy) is 1. The second-order valence-electron chi connectivity index (χ2n) is 5.33. The first-order valence-electron chi connectivity index (χ1n) is 7.29. The second-order valence-corrected chi connectivity index (χ2v) is 5.73. The molecule has 0 radical (unpaired) electrons. The first-order chi connectivity index (χ1) is 11.4. The molecule has 24 heavy (non-hydrogen) atoms. The monoisotopic (exact) mass is 360 g/mol. The van der Waals surface area contributed by atoms with Gasteiger partial charge in [0.05, 0.1) is 10.6 Å². The van der Waals surface area contributed by atoms with Crippen molar-refractivity contribution in [1.29, 1.82) is 0 Å². The molecule has 1 aliphatic rings. The largest absolute Gasteiger partial charge is 0.452 e. The van der Waals surface area contributed by atoms with Gasteiger partial charge in [0.25, 0.3) is 5.91 Å². The highest BCUT2D eigenvalue weighted by molar-refractivity contribution is 6.33. The minimum atomic E-state index is -1.27. The summed E-state index contributed by atoms with van der Waals surface area (Å²) in [7, 11) is 0. The summed E-state index contributed by atoms with van der Waals surface area (Å²) in [5.74, 6) is -4.44. The molecular formula is C15H15ClF2N2O4. The van der Waals surface area contributed by atoms with Crippen LogP contribution in [0.3, 0.4) is 0 Å². The Kier molecular flexibility index (Phi) is 6.08. The van der Waals surface area contributed by atoms with Crippen LogP contribution in [0.5, 0.6) is 0 Å². The maximum atomic E-state index is 13.1. The number of hydrogen-bond acceptors (Lipinski definition) is 4. The quantitative estimate of drug-likeness (QED) is 0.638. The van der Waals surface area contributed by atoms with Crippen LogP contribution >= 0.6 is 11.6 Å². The molecule has 0 heterocycles. The summed E-state index contributed by atoms with van der Waals surface area (Å²) in [6.45, 7) is -0.758.